The van der Waals surface area contributed by atoms with Crippen molar-refractivity contribution in [3.8, 4) is 6.07 Å². The number of anilines is 2. The monoisotopic (exact) mass is 839 g/mol. The lowest BCUT2D eigenvalue weighted by molar-refractivity contribution is 0.0999. The van der Waals surface area contributed by atoms with Crippen LogP contribution in [0.5, 0.6) is 0 Å². The number of nitriles is 1. The van der Waals surface area contributed by atoms with Gasteiger partial charge in [0.25, 0.3) is 5.70 Å². The van der Waals surface area contributed by atoms with Gasteiger partial charge in [-0.15, -0.1) is 0 Å². The third-order valence-electron chi connectivity index (χ3n) is 11.2. The molecule has 0 heterocycles. The summed E-state index contributed by atoms with van der Waals surface area (Å²) >= 11 is 0. The Morgan fingerprint density at radius 1 is 0.651 bits per heavy atom. The van der Waals surface area contributed by atoms with Crippen molar-refractivity contribution in [2.24, 2.45) is 0 Å². The molecule has 8 nitrogen and oxygen atoms in total. The van der Waals surface area contributed by atoms with Gasteiger partial charge in [0.05, 0.1) is 19.2 Å². The second kappa shape index (κ2) is 25.2. The molecule has 0 saturated heterocycles. The van der Waals surface area contributed by atoms with Crippen LogP contribution in [0.4, 0.5) is 11.4 Å². The maximum absolute atomic E-state index is 13.0. The van der Waals surface area contributed by atoms with Crippen LogP contribution < -0.4 is 9.80 Å². The van der Waals surface area contributed by atoms with Crippen LogP contribution in [0.1, 0.15) is 147 Å². The molecule has 0 aromatic heterocycles. The maximum atomic E-state index is 13.0. The Morgan fingerprint density at radius 2 is 1.11 bits per heavy atom. The van der Waals surface area contributed by atoms with E-state index in [0.29, 0.717) is 28.0 Å². The average molecular weight is 840 g/mol. The first kappa shape index (κ1) is 48.8. The van der Waals surface area contributed by atoms with Gasteiger partial charge in [-0.3, -0.25) is 14.4 Å². The number of unbranched alkanes of at least 4 members (excludes halogenated alkanes) is 4. The third-order valence-corrected chi connectivity index (χ3v) is 11.2. The molecule has 0 radical (unpaired) electrons. The summed E-state index contributed by atoms with van der Waals surface area (Å²) in [4.78, 5) is 47.5. The second-order valence-corrected chi connectivity index (χ2v) is 15.8. The Hall–Kier alpha value is -6.82. The molecular formula is C55H61N5O3. The van der Waals surface area contributed by atoms with E-state index in [9.17, 15) is 14.4 Å². The van der Waals surface area contributed by atoms with E-state index in [1.54, 1.807) is 38.1 Å². The summed E-state index contributed by atoms with van der Waals surface area (Å²) in [5.41, 5.74) is 9.67. The largest absolute Gasteiger partial charge is 0.372 e. The van der Waals surface area contributed by atoms with Gasteiger partial charge in [-0.05, 0) is 110 Å². The molecule has 2 aliphatic carbocycles. The Labute approximate surface area is 375 Å². The number of carbonyl (C=O) groups excluding carboxylic acids is 3. The standard InChI is InChI=1S/C27H30N2O.C16H25NO.C12H6N2O/c1-5-7-17-29(18-8-6-2)22-15-13-21(14-16-22)19-25-26(20(3)28-4)23-11-9-10-12-24(23)27(25)30;1-4-6-12-17(13-7-5-2)16-10-8-15(9-11-16)14(3)18;1-14-11(7-13)10-6-12(15)9-5-3-2-4-8(9)10/h9-16,19H,5-8,17-18H2,1-3H3;8-11H,4-7,12-13H2,1-3H3;2-5H,6H2/b25-19-,26-20-;;11-10+. The van der Waals surface area contributed by atoms with Gasteiger partial charge in [-0.2, -0.15) is 0 Å². The fourth-order valence-electron chi connectivity index (χ4n) is 7.59. The SMILES string of the molecule is CCCCN(CCCC)c1ccc(C(C)=O)cc1.[C-]#[N+]/C(C#N)=C1\CC(=O)c2ccccc21.[C-]#[N+]/C(C)=C1\C(=C\c2ccc(N(CCCC)CCCC)cc2)C(=O)c2ccccc21. The van der Waals surface area contributed by atoms with Gasteiger partial charge in [-0.1, -0.05) is 114 Å². The normalized spacial score (nSPS) is 14.4. The zero-order valence-corrected chi connectivity index (χ0v) is 38.0. The first-order chi connectivity index (χ1) is 30.6. The highest BCUT2D eigenvalue weighted by Gasteiger charge is 2.31. The number of rotatable bonds is 16. The Kier molecular flexibility index (Phi) is 19.5. The van der Waals surface area contributed by atoms with Gasteiger partial charge in [0.15, 0.2) is 23.0 Å². The molecular weight excluding hydrogens is 779 g/mol. The highest BCUT2D eigenvalue weighted by Crippen LogP contribution is 2.40. The molecule has 0 atom stereocenters. The minimum absolute atomic E-state index is 0.000180. The van der Waals surface area contributed by atoms with Crippen LogP contribution in [0.3, 0.4) is 0 Å². The lowest BCUT2D eigenvalue weighted by Crippen LogP contribution is -2.25. The number of ketones is 3. The molecule has 4 aromatic carbocycles. The number of benzene rings is 4. The molecule has 0 fully saturated rings. The maximum Gasteiger partial charge on any atom is 0.266 e. The van der Waals surface area contributed by atoms with E-state index < -0.39 is 0 Å². The number of fused-ring (bicyclic) bond motifs is 2. The van der Waals surface area contributed by atoms with Gasteiger partial charge in [-0.25, -0.2) is 15.0 Å². The van der Waals surface area contributed by atoms with Crippen molar-refractivity contribution in [1.29, 1.82) is 5.26 Å². The summed E-state index contributed by atoms with van der Waals surface area (Å²) in [7, 11) is 0. The van der Waals surface area contributed by atoms with Gasteiger partial charge in [0, 0.05) is 66.2 Å². The van der Waals surface area contributed by atoms with Crippen molar-refractivity contribution >= 4 is 45.9 Å². The molecule has 0 saturated carbocycles. The van der Waals surface area contributed by atoms with Gasteiger partial charge in [0.1, 0.15) is 0 Å². The summed E-state index contributed by atoms with van der Waals surface area (Å²) in [5.74, 6) is 0.118. The highest BCUT2D eigenvalue weighted by atomic mass is 16.1. The molecule has 0 unspecified atom stereocenters. The summed E-state index contributed by atoms with van der Waals surface area (Å²) in [6, 6.07) is 32.9. The van der Waals surface area contributed by atoms with E-state index >= 15 is 0 Å². The lowest BCUT2D eigenvalue weighted by Gasteiger charge is -2.24. The highest BCUT2D eigenvalue weighted by molar-refractivity contribution is 6.29. The summed E-state index contributed by atoms with van der Waals surface area (Å²) in [6.45, 7) is 31.0. The van der Waals surface area contributed by atoms with Crippen LogP contribution in [-0.2, 0) is 0 Å². The Balaban J connectivity index is 0.000000225. The molecule has 4 aromatic rings. The van der Waals surface area contributed by atoms with Crippen LogP contribution in [0.2, 0.25) is 0 Å². The topological polar surface area (TPSA) is 90.2 Å². The molecule has 0 amide bonds. The molecule has 324 valence electrons. The predicted octanol–water partition coefficient (Wildman–Crippen LogP) is 13.7. The van der Waals surface area contributed by atoms with Gasteiger partial charge >= 0.3 is 0 Å². The minimum atomic E-state index is -0.0167. The summed E-state index contributed by atoms with van der Waals surface area (Å²) in [6.07, 6.45) is 11.7. The minimum Gasteiger partial charge on any atom is -0.372 e. The van der Waals surface area contributed by atoms with Crippen molar-refractivity contribution in [1.82, 2.24) is 0 Å². The number of hydrogen-bond acceptors (Lipinski definition) is 6. The number of Topliss-reactive ketones (excluding diaryl/α,β-unsaturated/α-hetero) is 3. The molecule has 6 rings (SSSR count). The number of allylic oxidation sites excluding steroid dienone is 5. The average Bonchev–Trinajstić information content (AvgIpc) is 3.79. The second-order valence-electron chi connectivity index (χ2n) is 15.8. The molecule has 63 heavy (non-hydrogen) atoms. The van der Waals surface area contributed by atoms with Crippen molar-refractivity contribution in [2.75, 3.05) is 36.0 Å². The van der Waals surface area contributed by atoms with Crippen molar-refractivity contribution in [3.63, 3.8) is 0 Å². The fourth-order valence-corrected chi connectivity index (χ4v) is 7.59. The molecule has 2 aliphatic rings. The van der Waals surface area contributed by atoms with Crippen molar-refractivity contribution in [2.45, 2.75) is 99.3 Å². The van der Waals surface area contributed by atoms with E-state index in [1.807, 2.05) is 48.5 Å². The van der Waals surface area contributed by atoms with Crippen molar-refractivity contribution < 1.29 is 14.4 Å². The van der Waals surface area contributed by atoms with E-state index in [-0.39, 0.29) is 29.5 Å². The smallest absolute Gasteiger partial charge is 0.266 e. The van der Waals surface area contributed by atoms with Crippen LogP contribution in [0.15, 0.2) is 114 Å². The molecule has 0 spiro atoms. The first-order valence-electron chi connectivity index (χ1n) is 22.4. The molecule has 0 N–H and O–H groups in total. The van der Waals surface area contributed by atoms with Gasteiger partial charge < -0.3 is 9.80 Å². The predicted molar refractivity (Wildman–Crippen MR) is 259 cm³/mol. The Bertz CT molecular complexity index is 2400. The number of nitrogens with zero attached hydrogens (tertiary/aromatic N) is 5. The molecule has 0 aliphatic heterocycles. The van der Waals surface area contributed by atoms with E-state index in [2.05, 4.69) is 83.6 Å². The summed E-state index contributed by atoms with van der Waals surface area (Å²) < 4.78 is 0. The van der Waals surface area contributed by atoms with E-state index in [0.717, 1.165) is 54.0 Å². The van der Waals surface area contributed by atoms with Gasteiger partial charge in [0.2, 0.25) is 0 Å². The third kappa shape index (κ3) is 13.1. The van der Waals surface area contributed by atoms with Crippen LogP contribution >= 0.6 is 0 Å². The molecule has 0 bridgehead atoms. The Morgan fingerprint density at radius 3 is 1.56 bits per heavy atom. The molecule has 8 heteroatoms. The van der Waals surface area contributed by atoms with Crippen LogP contribution in [0, 0.1) is 24.5 Å². The number of carbonyl (C=O) groups is 3. The van der Waals surface area contributed by atoms with E-state index in [4.69, 9.17) is 18.4 Å². The van der Waals surface area contributed by atoms with Crippen LogP contribution in [0.25, 0.3) is 26.9 Å². The zero-order valence-electron chi connectivity index (χ0n) is 38.0. The van der Waals surface area contributed by atoms with Crippen LogP contribution in [-0.4, -0.2) is 43.5 Å². The van der Waals surface area contributed by atoms with Crippen molar-refractivity contribution in [3.05, 3.63) is 170 Å². The zero-order chi connectivity index (χ0) is 45.7. The lowest BCUT2D eigenvalue weighted by atomic mass is 10.0. The van der Waals surface area contributed by atoms with E-state index in [1.165, 1.54) is 62.7 Å². The summed E-state index contributed by atoms with van der Waals surface area (Å²) in [5, 5.41) is 8.77. The quantitative estimate of drug-likeness (QED) is 0.0483. The first-order valence-corrected chi connectivity index (χ1v) is 22.4. The number of hydrogen-bond donors (Lipinski definition) is 0. The fraction of sp³-hybridized carbons (Fsp3) is 0.345.